The Balaban J connectivity index is 3.31. The summed E-state index contributed by atoms with van der Waals surface area (Å²) in [6, 6.07) is 2.18. The van der Waals surface area contributed by atoms with E-state index in [0.29, 0.717) is 0 Å². The van der Waals surface area contributed by atoms with Crippen LogP contribution in [0, 0.1) is 0 Å². The Hall–Kier alpha value is -0.745. The van der Waals surface area contributed by atoms with Crippen molar-refractivity contribution in [1.82, 2.24) is 0 Å². The molecule has 0 spiro atoms. The van der Waals surface area contributed by atoms with Gasteiger partial charge in [-0.2, -0.15) is 0 Å². The highest BCUT2D eigenvalue weighted by Gasteiger charge is 2.19. The highest BCUT2D eigenvalue weighted by molar-refractivity contribution is 6.63. The molecule has 1 aromatic carbocycles. The van der Waals surface area contributed by atoms with Crippen LogP contribution in [0.5, 0.6) is 0 Å². The molecule has 3 N–H and O–H groups in total. The van der Waals surface area contributed by atoms with Gasteiger partial charge in [-0.25, -0.2) is 4.79 Å². The molecule has 4 nitrogen and oxygen atoms in total. The summed E-state index contributed by atoms with van der Waals surface area (Å²) < 4.78 is 0. The lowest BCUT2D eigenvalue weighted by atomic mass is 9.80. The van der Waals surface area contributed by atoms with Gasteiger partial charge in [-0.05, 0) is 12.1 Å². The second-order valence-electron chi connectivity index (χ2n) is 2.53. The molecule has 0 unspecified atom stereocenters. The molecule has 0 amide bonds. The third-order valence-corrected chi connectivity index (χ3v) is 2.23. The van der Waals surface area contributed by atoms with E-state index >= 15 is 0 Å². The SMILES string of the molecule is O=C(O)c1cc(Cl)c(B(O)O)cc1Cl. The third-order valence-electron chi connectivity index (χ3n) is 1.59. The van der Waals surface area contributed by atoms with Gasteiger partial charge in [0.25, 0.3) is 0 Å². The molecule has 0 aliphatic rings. The van der Waals surface area contributed by atoms with Gasteiger partial charge < -0.3 is 15.2 Å². The number of benzene rings is 1. The topological polar surface area (TPSA) is 77.8 Å². The number of rotatable bonds is 2. The summed E-state index contributed by atoms with van der Waals surface area (Å²) in [6.07, 6.45) is 0. The normalized spacial score (nSPS) is 10.0. The summed E-state index contributed by atoms with van der Waals surface area (Å²) in [7, 11) is -1.78. The van der Waals surface area contributed by atoms with Gasteiger partial charge in [0.1, 0.15) is 0 Å². The van der Waals surface area contributed by atoms with Crippen molar-refractivity contribution >= 4 is 41.8 Å². The van der Waals surface area contributed by atoms with Crippen molar-refractivity contribution in [2.24, 2.45) is 0 Å². The van der Waals surface area contributed by atoms with E-state index in [1.165, 1.54) is 0 Å². The van der Waals surface area contributed by atoms with Gasteiger partial charge in [0.05, 0.1) is 10.6 Å². The van der Waals surface area contributed by atoms with E-state index in [9.17, 15) is 4.79 Å². The first-order chi connectivity index (χ1) is 6.43. The average molecular weight is 235 g/mol. The van der Waals surface area contributed by atoms with Gasteiger partial charge in [0.2, 0.25) is 0 Å². The molecule has 0 aliphatic heterocycles. The van der Waals surface area contributed by atoms with E-state index in [2.05, 4.69) is 0 Å². The lowest BCUT2D eigenvalue weighted by Crippen LogP contribution is -2.31. The zero-order valence-corrected chi connectivity index (χ0v) is 8.25. The Labute approximate surface area is 89.8 Å². The van der Waals surface area contributed by atoms with Crippen LogP contribution in [0.15, 0.2) is 12.1 Å². The zero-order valence-electron chi connectivity index (χ0n) is 6.74. The van der Waals surface area contributed by atoms with E-state index < -0.39 is 13.1 Å². The molecule has 0 saturated carbocycles. The smallest absolute Gasteiger partial charge is 0.478 e. The predicted octanol–water partition coefficient (Wildman–Crippen LogP) is 0.371. The van der Waals surface area contributed by atoms with E-state index in [1.807, 2.05) is 0 Å². The molecule has 74 valence electrons. The van der Waals surface area contributed by atoms with Crippen molar-refractivity contribution in [3.8, 4) is 0 Å². The highest BCUT2D eigenvalue weighted by atomic mass is 35.5. The third kappa shape index (κ3) is 2.19. The summed E-state index contributed by atoms with van der Waals surface area (Å²) in [4.78, 5) is 10.6. The summed E-state index contributed by atoms with van der Waals surface area (Å²) in [6.45, 7) is 0. The predicted molar refractivity (Wildman–Crippen MR) is 53.2 cm³/mol. The fraction of sp³-hybridized carbons (Fsp3) is 0. The molecule has 14 heavy (non-hydrogen) atoms. The van der Waals surface area contributed by atoms with Crippen LogP contribution in [-0.2, 0) is 0 Å². The molecule has 0 fully saturated rings. The zero-order chi connectivity index (χ0) is 10.9. The fourth-order valence-electron chi connectivity index (χ4n) is 0.924. The molecule has 0 heterocycles. The second kappa shape index (κ2) is 4.19. The van der Waals surface area contributed by atoms with E-state index in [-0.39, 0.29) is 21.1 Å². The van der Waals surface area contributed by atoms with Crippen LogP contribution >= 0.6 is 23.2 Å². The Morgan fingerprint density at radius 2 is 1.79 bits per heavy atom. The molecule has 0 bridgehead atoms. The molecular formula is C7H5BCl2O4. The molecule has 1 rings (SSSR count). The maximum atomic E-state index is 10.6. The molecular weight excluding hydrogens is 230 g/mol. The summed E-state index contributed by atoms with van der Waals surface area (Å²) >= 11 is 11.2. The van der Waals surface area contributed by atoms with Crippen molar-refractivity contribution < 1.29 is 19.9 Å². The minimum atomic E-state index is -1.78. The molecule has 0 atom stereocenters. The maximum Gasteiger partial charge on any atom is 0.490 e. The number of aromatic carboxylic acids is 1. The van der Waals surface area contributed by atoms with Gasteiger partial charge in [0.15, 0.2) is 0 Å². The summed E-state index contributed by atoms with van der Waals surface area (Å²) in [5.41, 5.74) is -0.206. The number of carbonyl (C=O) groups is 1. The minimum Gasteiger partial charge on any atom is -0.478 e. The fourth-order valence-corrected chi connectivity index (χ4v) is 1.44. The molecule has 0 aliphatic carbocycles. The van der Waals surface area contributed by atoms with Crippen LogP contribution in [0.3, 0.4) is 0 Å². The van der Waals surface area contributed by atoms with Crippen LogP contribution < -0.4 is 5.46 Å². The minimum absolute atomic E-state index is 0.0262. The van der Waals surface area contributed by atoms with Crippen molar-refractivity contribution in [3.63, 3.8) is 0 Å². The van der Waals surface area contributed by atoms with Gasteiger partial charge in [0, 0.05) is 10.5 Å². The van der Waals surface area contributed by atoms with E-state index in [0.717, 1.165) is 12.1 Å². The standard InChI is InChI=1S/C7H5BCl2O4/c9-5-2-4(8(13)14)6(10)1-3(5)7(11)12/h1-2,13-14H,(H,11,12). The Kier molecular flexibility index (Phi) is 3.39. The van der Waals surface area contributed by atoms with Crippen LogP contribution in [0.1, 0.15) is 10.4 Å². The lowest BCUT2D eigenvalue weighted by molar-refractivity contribution is 0.0697. The van der Waals surface area contributed by atoms with Crippen molar-refractivity contribution in [2.45, 2.75) is 0 Å². The first kappa shape index (κ1) is 11.3. The number of hydrogen-bond acceptors (Lipinski definition) is 3. The average Bonchev–Trinajstić information content (AvgIpc) is 2.07. The Morgan fingerprint density at radius 1 is 1.21 bits per heavy atom. The molecule has 0 aromatic heterocycles. The van der Waals surface area contributed by atoms with Crippen LogP contribution in [0.2, 0.25) is 10.0 Å². The highest BCUT2D eigenvalue weighted by Crippen LogP contribution is 2.19. The number of carboxylic acids is 1. The molecule has 7 heteroatoms. The second-order valence-corrected chi connectivity index (χ2v) is 3.35. The summed E-state index contributed by atoms with van der Waals surface area (Å²) in [5, 5.41) is 26.2. The first-order valence-corrected chi connectivity index (χ1v) is 4.27. The van der Waals surface area contributed by atoms with Gasteiger partial charge in [-0.15, -0.1) is 0 Å². The maximum absolute atomic E-state index is 10.6. The number of halogens is 2. The summed E-state index contributed by atoms with van der Waals surface area (Å²) in [5.74, 6) is -1.23. The Morgan fingerprint density at radius 3 is 2.21 bits per heavy atom. The van der Waals surface area contributed by atoms with E-state index in [4.69, 9.17) is 38.4 Å². The lowest BCUT2D eigenvalue weighted by Gasteiger charge is -2.05. The Bertz CT molecular complexity index is 380. The van der Waals surface area contributed by atoms with Gasteiger partial charge in [-0.1, -0.05) is 23.2 Å². The van der Waals surface area contributed by atoms with Gasteiger partial charge in [-0.3, -0.25) is 0 Å². The first-order valence-electron chi connectivity index (χ1n) is 3.52. The number of carboxylic acid groups (broad SMARTS) is 1. The largest absolute Gasteiger partial charge is 0.490 e. The van der Waals surface area contributed by atoms with Crippen LogP contribution in [0.4, 0.5) is 0 Å². The molecule has 1 aromatic rings. The molecule has 0 saturated heterocycles. The van der Waals surface area contributed by atoms with Crippen LogP contribution in [0.25, 0.3) is 0 Å². The van der Waals surface area contributed by atoms with Crippen molar-refractivity contribution in [1.29, 1.82) is 0 Å². The van der Waals surface area contributed by atoms with Crippen LogP contribution in [-0.4, -0.2) is 28.2 Å². The van der Waals surface area contributed by atoms with E-state index in [1.54, 1.807) is 0 Å². The monoisotopic (exact) mass is 234 g/mol. The number of hydrogen-bond donors (Lipinski definition) is 3. The van der Waals surface area contributed by atoms with Crippen molar-refractivity contribution in [2.75, 3.05) is 0 Å². The van der Waals surface area contributed by atoms with Gasteiger partial charge >= 0.3 is 13.1 Å². The van der Waals surface area contributed by atoms with Crippen molar-refractivity contribution in [3.05, 3.63) is 27.7 Å². The quantitative estimate of drug-likeness (QED) is 0.647. The molecule has 0 radical (unpaired) electrons.